The number of carbonyl (C=O) groups is 1. The fraction of sp³-hybridized carbons (Fsp3) is 0.667. The summed E-state index contributed by atoms with van der Waals surface area (Å²) in [6.07, 6.45) is 4.13. The topological polar surface area (TPSA) is 94.1 Å². The van der Waals surface area contributed by atoms with Crippen LogP contribution in [0.25, 0.3) is 0 Å². The van der Waals surface area contributed by atoms with Gasteiger partial charge in [-0.3, -0.25) is 0 Å². The second kappa shape index (κ2) is 6.76. The summed E-state index contributed by atoms with van der Waals surface area (Å²) in [5.74, 6) is 0.226. The van der Waals surface area contributed by atoms with E-state index in [1.807, 2.05) is 13.8 Å². The number of quaternary nitrogens is 1. The van der Waals surface area contributed by atoms with Crippen molar-refractivity contribution in [3.63, 3.8) is 0 Å². The summed E-state index contributed by atoms with van der Waals surface area (Å²) < 4.78 is 5.30. The van der Waals surface area contributed by atoms with E-state index in [-0.39, 0.29) is 28.7 Å². The van der Waals surface area contributed by atoms with Crippen LogP contribution >= 0.6 is 0 Å². The quantitative estimate of drug-likeness (QED) is 0.731. The minimum atomic E-state index is -0.364. The largest absolute Gasteiger partial charge is 0.481 e. The van der Waals surface area contributed by atoms with Gasteiger partial charge in [0, 0.05) is 19.6 Å². The van der Waals surface area contributed by atoms with Gasteiger partial charge in [-0.25, -0.2) is 4.79 Å². The van der Waals surface area contributed by atoms with Crippen molar-refractivity contribution in [1.82, 2.24) is 0 Å². The van der Waals surface area contributed by atoms with Crippen LogP contribution in [0.1, 0.15) is 20.3 Å². The predicted molar refractivity (Wildman–Crippen MR) is 70.0 cm³/mol. The van der Waals surface area contributed by atoms with Crippen molar-refractivity contribution >= 4 is 11.9 Å². The number of rotatable bonds is 3. The Morgan fingerprint density at radius 1 is 1.63 bits per heavy atom. The van der Waals surface area contributed by atoms with E-state index in [0.29, 0.717) is 13.2 Å². The number of hydroxylamine groups is 3. The molecule has 3 N–H and O–H groups in total. The Labute approximate surface area is 112 Å². The zero-order valence-electron chi connectivity index (χ0n) is 11.6. The highest BCUT2D eigenvalue weighted by Gasteiger charge is 2.47. The molecular weight excluding hydrogens is 250 g/mol. The van der Waals surface area contributed by atoms with Crippen molar-refractivity contribution in [2.45, 2.75) is 32.5 Å². The molecule has 7 nitrogen and oxygen atoms in total. The summed E-state index contributed by atoms with van der Waals surface area (Å²) in [5, 5.41) is 7.00. The highest BCUT2D eigenvalue weighted by Crippen LogP contribution is 2.27. The third-order valence-electron chi connectivity index (χ3n) is 2.77. The van der Waals surface area contributed by atoms with Crippen LogP contribution < -0.4 is 5.73 Å². The van der Waals surface area contributed by atoms with Crippen molar-refractivity contribution < 1.29 is 24.1 Å². The summed E-state index contributed by atoms with van der Waals surface area (Å²) in [6.45, 7) is 5.02. The molecule has 0 aromatic rings. The molecule has 2 heterocycles. The van der Waals surface area contributed by atoms with Crippen molar-refractivity contribution in [2.24, 2.45) is 10.7 Å². The van der Waals surface area contributed by atoms with E-state index < -0.39 is 0 Å². The second-order valence-electron chi connectivity index (χ2n) is 4.55. The van der Waals surface area contributed by atoms with Gasteiger partial charge in [0.05, 0.1) is 12.7 Å². The number of amidine groups is 1. The molecule has 0 radical (unpaired) electrons. The Morgan fingerprint density at radius 3 is 2.89 bits per heavy atom. The van der Waals surface area contributed by atoms with Crippen LogP contribution in [0.2, 0.25) is 0 Å². The predicted octanol–water partition coefficient (Wildman–Crippen LogP) is 0.545. The molecule has 2 unspecified atom stereocenters. The Hall–Kier alpha value is -1.28. The molecule has 0 saturated carbocycles. The van der Waals surface area contributed by atoms with Gasteiger partial charge in [0.15, 0.2) is 0 Å². The molecule has 108 valence electrons. The molecule has 2 amide bonds. The molecule has 0 aromatic carbocycles. The van der Waals surface area contributed by atoms with Gasteiger partial charge in [-0.2, -0.15) is 4.84 Å². The lowest BCUT2D eigenvalue weighted by molar-refractivity contribution is -0.988. The van der Waals surface area contributed by atoms with Gasteiger partial charge in [0.25, 0.3) is 0 Å². The summed E-state index contributed by atoms with van der Waals surface area (Å²) >= 11 is 0. The second-order valence-corrected chi connectivity index (χ2v) is 4.55. The maximum Gasteiger partial charge on any atom is 0.481 e. The summed E-state index contributed by atoms with van der Waals surface area (Å²) in [6, 6.07) is -0.364. The Bertz CT molecular complexity index is 381. The average molecular weight is 272 g/mol. The number of urea groups is 1. The van der Waals surface area contributed by atoms with Crippen molar-refractivity contribution in [3.8, 4) is 0 Å². The highest BCUT2D eigenvalue weighted by molar-refractivity contribution is 5.99. The van der Waals surface area contributed by atoms with Crippen LogP contribution in [-0.4, -0.2) is 54.1 Å². The Kier molecular flexibility index (Phi) is 5.61. The molecule has 19 heavy (non-hydrogen) atoms. The van der Waals surface area contributed by atoms with Gasteiger partial charge in [-0.1, -0.05) is 4.65 Å². The van der Waals surface area contributed by atoms with Crippen molar-refractivity contribution in [2.75, 3.05) is 20.3 Å². The lowest BCUT2D eigenvalue weighted by Gasteiger charge is -2.23. The lowest BCUT2D eigenvalue weighted by Crippen LogP contribution is -2.46. The van der Waals surface area contributed by atoms with Gasteiger partial charge >= 0.3 is 6.03 Å². The van der Waals surface area contributed by atoms with Crippen LogP contribution in [0.4, 0.5) is 4.79 Å². The van der Waals surface area contributed by atoms with Crippen LogP contribution in [0.15, 0.2) is 17.3 Å². The van der Waals surface area contributed by atoms with Crippen molar-refractivity contribution in [3.05, 3.63) is 12.3 Å². The standard InChI is InChI=1S/C11H17N3O3.CH4O/c1-8(2)16-7-9-3-5-14(17-9)6-4-10(12)13-11(14)15;1-2/h4,6,8-9H,3,5,7H2,1-2H3,(H-,12,13,15);2H,1H3/p+1. The van der Waals surface area contributed by atoms with E-state index >= 15 is 0 Å². The monoisotopic (exact) mass is 272 g/mol. The van der Waals surface area contributed by atoms with Gasteiger partial charge in [0.2, 0.25) is 0 Å². The van der Waals surface area contributed by atoms with Gasteiger partial charge in [-0.05, 0) is 13.8 Å². The number of amides is 2. The number of aliphatic imine (C=N–C) groups is 1. The van der Waals surface area contributed by atoms with E-state index in [2.05, 4.69) is 4.99 Å². The molecule has 0 bridgehead atoms. The Balaban J connectivity index is 0.000000861. The fourth-order valence-corrected chi connectivity index (χ4v) is 1.86. The number of aliphatic hydroxyl groups excluding tert-OH is 1. The molecule has 0 aromatic heterocycles. The molecule has 1 saturated heterocycles. The van der Waals surface area contributed by atoms with Crippen LogP contribution in [-0.2, 0) is 9.57 Å². The highest BCUT2D eigenvalue weighted by atomic mass is 16.7. The van der Waals surface area contributed by atoms with E-state index in [0.717, 1.165) is 13.5 Å². The molecule has 2 aliphatic heterocycles. The van der Waals surface area contributed by atoms with Gasteiger partial charge in [-0.15, -0.1) is 4.99 Å². The molecule has 2 atom stereocenters. The van der Waals surface area contributed by atoms with Crippen molar-refractivity contribution in [1.29, 1.82) is 0 Å². The molecule has 2 rings (SSSR count). The molecule has 1 fully saturated rings. The maximum absolute atomic E-state index is 11.8. The summed E-state index contributed by atoms with van der Waals surface area (Å²) in [5.41, 5.74) is 5.46. The first-order chi connectivity index (χ1) is 9.02. The Morgan fingerprint density at radius 2 is 2.32 bits per heavy atom. The first-order valence-corrected chi connectivity index (χ1v) is 6.22. The number of ether oxygens (including phenoxy) is 1. The fourth-order valence-electron chi connectivity index (χ4n) is 1.86. The van der Waals surface area contributed by atoms with E-state index in [9.17, 15) is 4.79 Å². The lowest BCUT2D eigenvalue weighted by atomic mass is 10.3. The number of hydrogen-bond donors (Lipinski definition) is 2. The zero-order chi connectivity index (χ0) is 14.5. The van der Waals surface area contributed by atoms with E-state index in [1.54, 1.807) is 12.3 Å². The maximum atomic E-state index is 11.8. The normalized spacial score (nSPS) is 29.4. The SMILES string of the molecule is CC(C)OCC1CC[N+]2(C=CC(N)=NC2=O)O1.CO. The first kappa shape index (κ1) is 15.8. The van der Waals surface area contributed by atoms with Crippen LogP contribution in [0.3, 0.4) is 0 Å². The number of hydrogen-bond acceptors (Lipinski definition) is 5. The molecular formula is C12H22N3O4+. The minimum Gasteiger partial charge on any atom is -0.400 e. The number of nitrogens with two attached hydrogens (primary N) is 1. The minimum absolute atomic E-state index is 0.0690. The summed E-state index contributed by atoms with van der Waals surface area (Å²) in [4.78, 5) is 21.2. The smallest absolute Gasteiger partial charge is 0.400 e. The van der Waals surface area contributed by atoms with E-state index in [1.165, 1.54) is 0 Å². The van der Waals surface area contributed by atoms with E-state index in [4.69, 9.17) is 20.4 Å². The third kappa shape index (κ3) is 3.84. The number of nitrogens with zero attached hydrogens (tertiary/aromatic N) is 2. The third-order valence-corrected chi connectivity index (χ3v) is 2.77. The van der Waals surface area contributed by atoms with Gasteiger partial charge in [0.1, 0.15) is 24.7 Å². The molecule has 1 spiro atoms. The van der Waals surface area contributed by atoms with Crippen LogP contribution in [0, 0.1) is 0 Å². The molecule has 2 aliphatic rings. The van der Waals surface area contributed by atoms with Gasteiger partial charge < -0.3 is 15.6 Å². The van der Waals surface area contributed by atoms with Crippen LogP contribution in [0.5, 0.6) is 0 Å². The molecule has 0 aliphatic carbocycles. The first-order valence-electron chi connectivity index (χ1n) is 6.22. The zero-order valence-corrected chi connectivity index (χ0v) is 11.6. The summed E-state index contributed by atoms with van der Waals surface area (Å²) in [7, 11) is 1.00. The number of aliphatic hydroxyl groups is 1. The number of carbonyl (C=O) groups excluding carboxylic acids is 1. The average Bonchev–Trinajstić information content (AvgIpc) is 2.80. The molecule has 7 heteroatoms.